The maximum atomic E-state index is 12.3. The van der Waals surface area contributed by atoms with Gasteiger partial charge < -0.3 is 20.5 Å². The number of anilines is 2. The van der Waals surface area contributed by atoms with E-state index in [1.165, 1.54) is 24.3 Å². The molecule has 2 aromatic rings. The molecule has 0 radical (unpaired) electrons. The zero-order valence-electron chi connectivity index (χ0n) is 14.6. The number of ether oxygens (including phenoxy) is 1. The Bertz CT molecular complexity index is 954. The van der Waals surface area contributed by atoms with Crippen molar-refractivity contribution < 1.29 is 24.4 Å². The van der Waals surface area contributed by atoms with E-state index in [0.29, 0.717) is 0 Å². The number of carbonyl (C=O) groups excluding carboxylic acids is 2. The Balaban J connectivity index is 2.09. The quantitative estimate of drug-likeness (QED) is 0.236. The summed E-state index contributed by atoms with van der Waals surface area (Å²) < 4.78 is 4.93. The van der Waals surface area contributed by atoms with Crippen LogP contribution in [0.4, 0.5) is 17.1 Å². The maximum Gasteiger partial charge on any atom is 0.341 e. The molecule has 3 N–H and O–H groups in total. The highest BCUT2D eigenvalue weighted by Crippen LogP contribution is 2.32. The first kappa shape index (κ1) is 22.7. The molecule has 0 saturated heterocycles. The molecule has 0 saturated carbocycles. The number of halogens is 3. The molecule has 0 aliphatic heterocycles. The molecule has 1 amide bonds. The third-order valence-corrected chi connectivity index (χ3v) is 4.51. The minimum Gasteiger partial charge on any atom is -0.452 e. The zero-order chi connectivity index (χ0) is 21.6. The van der Waals surface area contributed by atoms with Crippen molar-refractivity contribution in [3.63, 3.8) is 0 Å². The molecule has 0 unspecified atom stereocenters. The van der Waals surface area contributed by atoms with Gasteiger partial charge in [-0.15, -0.1) is 0 Å². The summed E-state index contributed by atoms with van der Waals surface area (Å²) >= 11 is 17.6. The van der Waals surface area contributed by atoms with Gasteiger partial charge in [-0.3, -0.25) is 14.9 Å². The predicted octanol–water partition coefficient (Wildman–Crippen LogP) is 3.75. The molecule has 0 atom stereocenters. The number of hydrogen-bond acceptors (Lipinski definition) is 7. The van der Waals surface area contributed by atoms with E-state index in [1.54, 1.807) is 0 Å². The predicted molar refractivity (Wildman–Crippen MR) is 109 cm³/mol. The Morgan fingerprint density at radius 3 is 2.41 bits per heavy atom. The molecule has 29 heavy (non-hydrogen) atoms. The molecule has 0 fully saturated rings. The van der Waals surface area contributed by atoms with Gasteiger partial charge in [0.05, 0.1) is 37.8 Å². The van der Waals surface area contributed by atoms with Gasteiger partial charge in [0.1, 0.15) is 0 Å². The van der Waals surface area contributed by atoms with Crippen LogP contribution in [0, 0.1) is 10.1 Å². The van der Waals surface area contributed by atoms with E-state index >= 15 is 0 Å². The largest absolute Gasteiger partial charge is 0.452 e. The number of aliphatic hydroxyl groups is 1. The molecule has 9 nitrogen and oxygen atoms in total. The van der Waals surface area contributed by atoms with Crippen molar-refractivity contribution in [2.45, 2.75) is 0 Å². The number of esters is 1. The average Bonchev–Trinajstić information content (AvgIpc) is 2.68. The summed E-state index contributed by atoms with van der Waals surface area (Å²) in [5.74, 6) is -1.68. The van der Waals surface area contributed by atoms with Crippen LogP contribution in [0.3, 0.4) is 0 Å². The van der Waals surface area contributed by atoms with E-state index in [-0.39, 0.29) is 50.8 Å². The molecule has 0 aliphatic carbocycles. The Hall–Kier alpha value is -2.59. The number of non-ortho nitro benzene ring substituents is 1. The number of rotatable bonds is 8. The Labute approximate surface area is 179 Å². The number of aliphatic hydroxyl groups excluding tert-OH is 1. The molecule has 0 aliphatic rings. The SMILES string of the molecule is O=C(COC(=O)c1cc([N+](=O)[O-])ccc1NCCO)Nc1cc(Cl)c(Cl)cc1Cl. The Morgan fingerprint density at radius 2 is 1.76 bits per heavy atom. The van der Waals surface area contributed by atoms with E-state index in [9.17, 15) is 19.7 Å². The number of amides is 1. The van der Waals surface area contributed by atoms with Crippen LogP contribution >= 0.6 is 34.8 Å². The highest BCUT2D eigenvalue weighted by atomic mass is 35.5. The first-order valence-corrected chi connectivity index (χ1v) is 9.11. The lowest BCUT2D eigenvalue weighted by molar-refractivity contribution is -0.384. The second-order valence-corrected chi connectivity index (χ2v) is 6.73. The summed E-state index contributed by atoms with van der Waals surface area (Å²) in [5.41, 5.74) is -0.114. The summed E-state index contributed by atoms with van der Waals surface area (Å²) in [4.78, 5) is 34.7. The van der Waals surface area contributed by atoms with Gasteiger partial charge in [0, 0.05) is 24.4 Å². The smallest absolute Gasteiger partial charge is 0.341 e. The first-order valence-electron chi connectivity index (χ1n) is 7.97. The average molecular weight is 463 g/mol. The van der Waals surface area contributed by atoms with Crippen LogP contribution < -0.4 is 10.6 Å². The van der Waals surface area contributed by atoms with Gasteiger partial charge >= 0.3 is 5.97 Å². The lowest BCUT2D eigenvalue weighted by Crippen LogP contribution is -2.22. The van der Waals surface area contributed by atoms with Gasteiger partial charge in [0.25, 0.3) is 11.6 Å². The monoisotopic (exact) mass is 461 g/mol. The lowest BCUT2D eigenvalue weighted by atomic mass is 10.1. The molecule has 0 aromatic heterocycles. The normalized spacial score (nSPS) is 10.3. The second-order valence-electron chi connectivity index (χ2n) is 5.51. The van der Waals surface area contributed by atoms with Crippen LogP contribution in [0.25, 0.3) is 0 Å². The molecule has 0 spiro atoms. The fourth-order valence-electron chi connectivity index (χ4n) is 2.17. The standard InChI is InChI=1S/C17H14Cl3N3O6/c18-11-6-13(20)15(7-12(11)19)22-16(25)8-29-17(26)10-5-9(23(27)28)1-2-14(10)21-3-4-24/h1-2,5-7,21,24H,3-4,8H2,(H,22,25). The van der Waals surface area contributed by atoms with E-state index in [0.717, 1.165) is 6.07 Å². The van der Waals surface area contributed by atoms with Gasteiger partial charge in [-0.2, -0.15) is 0 Å². The van der Waals surface area contributed by atoms with Gasteiger partial charge in [0.2, 0.25) is 0 Å². The third kappa shape index (κ3) is 6.20. The van der Waals surface area contributed by atoms with Crippen LogP contribution in [0.15, 0.2) is 30.3 Å². The Morgan fingerprint density at radius 1 is 1.07 bits per heavy atom. The van der Waals surface area contributed by atoms with Crippen molar-refractivity contribution >= 4 is 63.7 Å². The number of nitrogens with one attached hydrogen (secondary N) is 2. The molecule has 2 rings (SSSR count). The van der Waals surface area contributed by atoms with Crippen molar-refractivity contribution in [3.8, 4) is 0 Å². The number of benzene rings is 2. The second kappa shape index (κ2) is 10.3. The number of nitro benzene ring substituents is 1. The van der Waals surface area contributed by atoms with Gasteiger partial charge in [-0.05, 0) is 18.2 Å². The number of hydrogen-bond donors (Lipinski definition) is 3. The van der Waals surface area contributed by atoms with Crippen molar-refractivity contribution in [1.82, 2.24) is 0 Å². The molecule has 154 valence electrons. The summed E-state index contributed by atoms with van der Waals surface area (Å²) in [5, 5.41) is 25.5. The van der Waals surface area contributed by atoms with Gasteiger partial charge in [-0.1, -0.05) is 34.8 Å². The van der Waals surface area contributed by atoms with Crippen molar-refractivity contribution in [2.75, 3.05) is 30.4 Å². The highest BCUT2D eigenvalue weighted by Gasteiger charge is 2.19. The highest BCUT2D eigenvalue weighted by molar-refractivity contribution is 6.44. The maximum absolute atomic E-state index is 12.3. The van der Waals surface area contributed by atoms with Gasteiger partial charge in [0.15, 0.2) is 6.61 Å². The lowest BCUT2D eigenvalue weighted by Gasteiger charge is -2.12. The van der Waals surface area contributed by atoms with Crippen molar-refractivity contribution in [3.05, 3.63) is 61.1 Å². The summed E-state index contributed by atoms with van der Waals surface area (Å²) in [6, 6.07) is 6.18. The molecule has 12 heteroatoms. The topological polar surface area (TPSA) is 131 Å². The number of nitro groups is 1. The number of carbonyl (C=O) groups is 2. The molecule has 0 heterocycles. The summed E-state index contributed by atoms with van der Waals surface area (Å²) in [6.45, 7) is -0.801. The Kier molecular flexibility index (Phi) is 8.03. The van der Waals surface area contributed by atoms with Crippen LogP contribution in [-0.2, 0) is 9.53 Å². The van der Waals surface area contributed by atoms with Gasteiger partial charge in [-0.25, -0.2) is 4.79 Å². The molecule has 0 bridgehead atoms. The van der Waals surface area contributed by atoms with Crippen LogP contribution in [0.5, 0.6) is 0 Å². The third-order valence-electron chi connectivity index (χ3n) is 3.48. The summed E-state index contributed by atoms with van der Waals surface area (Å²) in [7, 11) is 0. The molecular weight excluding hydrogens is 449 g/mol. The molecular formula is C17H14Cl3N3O6. The van der Waals surface area contributed by atoms with E-state index in [4.69, 9.17) is 44.6 Å². The fourth-order valence-corrected chi connectivity index (χ4v) is 2.77. The summed E-state index contributed by atoms with van der Waals surface area (Å²) in [6.07, 6.45) is 0. The van der Waals surface area contributed by atoms with Crippen LogP contribution in [0.1, 0.15) is 10.4 Å². The zero-order valence-corrected chi connectivity index (χ0v) is 16.8. The first-order chi connectivity index (χ1) is 13.7. The minimum absolute atomic E-state index is 0.106. The fraction of sp³-hybridized carbons (Fsp3) is 0.176. The van der Waals surface area contributed by atoms with Crippen LogP contribution in [0.2, 0.25) is 15.1 Å². The van der Waals surface area contributed by atoms with E-state index in [1.807, 2.05) is 0 Å². The van der Waals surface area contributed by atoms with Crippen molar-refractivity contribution in [2.24, 2.45) is 0 Å². The van der Waals surface area contributed by atoms with Crippen LogP contribution in [-0.4, -0.2) is 41.7 Å². The van der Waals surface area contributed by atoms with E-state index in [2.05, 4.69) is 10.6 Å². The van der Waals surface area contributed by atoms with E-state index < -0.39 is 23.4 Å². The number of nitrogens with zero attached hydrogens (tertiary/aromatic N) is 1. The minimum atomic E-state index is -0.968. The molecule has 2 aromatic carbocycles. The van der Waals surface area contributed by atoms with Crippen molar-refractivity contribution in [1.29, 1.82) is 0 Å².